The molecule has 0 radical (unpaired) electrons. The lowest BCUT2D eigenvalue weighted by molar-refractivity contribution is -0.199. The van der Waals surface area contributed by atoms with E-state index in [4.69, 9.17) is 18.8 Å². The molecule has 0 spiro atoms. The molecule has 2 amide bonds. The van der Waals surface area contributed by atoms with Gasteiger partial charge in [0, 0.05) is 24.2 Å². The number of carbonyl (C=O) groups excluding carboxylic acids is 3. The number of rotatable bonds is 9. The van der Waals surface area contributed by atoms with Crippen molar-refractivity contribution in [3.8, 4) is 5.75 Å². The maximum Gasteiger partial charge on any atom is 0.481 e. The normalized spacial score (nSPS) is 27.5. The number of ether oxygens (including phenoxy) is 2. The number of fused-ring (bicyclic) bond motifs is 1. The van der Waals surface area contributed by atoms with E-state index < -0.39 is 13.1 Å². The number of likely N-dealkylation sites (tertiary alicyclic amines) is 1. The Morgan fingerprint density at radius 1 is 1.09 bits per heavy atom. The largest absolute Gasteiger partial charge is 0.482 e. The van der Waals surface area contributed by atoms with Gasteiger partial charge in [-0.2, -0.15) is 0 Å². The fourth-order valence-corrected chi connectivity index (χ4v) is 8.14. The van der Waals surface area contributed by atoms with E-state index in [0.29, 0.717) is 40.6 Å². The molecule has 5 atom stereocenters. The average Bonchev–Trinajstić information content (AvgIpc) is 3.69. The van der Waals surface area contributed by atoms with E-state index in [1.54, 1.807) is 24.3 Å². The van der Waals surface area contributed by atoms with Crippen LogP contribution in [0, 0.1) is 17.3 Å². The van der Waals surface area contributed by atoms with E-state index >= 15 is 0 Å². The molecule has 3 saturated carbocycles. The molecule has 1 aromatic heterocycles. The number of hydrogen-bond donors (Lipinski definition) is 1. The maximum atomic E-state index is 13.4. The average molecular weight is 626 g/mol. The molecule has 2 unspecified atom stereocenters. The molecular formula is C35H40BN3O7. The van der Waals surface area contributed by atoms with Crippen LogP contribution in [-0.2, 0) is 30.2 Å². The first kappa shape index (κ1) is 30.7. The summed E-state index contributed by atoms with van der Waals surface area (Å²) in [6, 6.07) is 16.1. The highest BCUT2D eigenvalue weighted by Crippen LogP contribution is 2.66. The van der Waals surface area contributed by atoms with Crippen LogP contribution in [0.25, 0.3) is 10.9 Å². The molecule has 3 aromatic rings. The van der Waals surface area contributed by atoms with Gasteiger partial charge in [-0.05, 0) is 73.6 Å². The lowest BCUT2D eigenvalue weighted by Crippen LogP contribution is -2.65. The number of benzene rings is 2. The zero-order valence-electron chi connectivity index (χ0n) is 26.6. The monoisotopic (exact) mass is 625 g/mol. The van der Waals surface area contributed by atoms with Crippen LogP contribution in [-0.4, -0.2) is 72.1 Å². The van der Waals surface area contributed by atoms with Crippen molar-refractivity contribution in [1.29, 1.82) is 0 Å². The van der Waals surface area contributed by atoms with Crippen LogP contribution in [0.15, 0.2) is 60.8 Å². The fourth-order valence-electron chi connectivity index (χ4n) is 8.14. The molecule has 5 fully saturated rings. The lowest BCUT2D eigenvalue weighted by Gasteiger charge is -2.64. The second-order valence-electron chi connectivity index (χ2n) is 13.8. The minimum absolute atomic E-state index is 0.0610. The van der Waals surface area contributed by atoms with E-state index in [1.165, 1.54) is 12.6 Å². The molecule has 2 bridgehead atoms. The highest BCUT2D eigenvalue weighted by Gasteiger charge is 2.69. The van der Waals surface area contributed by atoms with Crippen LogP contribution in [0.5, 0.6) is 5.75 Å². The molecular weight excluding hydrogens is 585 g/mol. The molecule has 5 aliphatic rings. The molecule has 2 aliphatic heterocycles. The van der Waals surface area contributed by atoms with Crippen LogP contribution < -0.4 is 10.1 Å². The zero-order chi connectivity index (χ0) is 32.1. The van der Waals surface area contributed by atoms with E-state index in [0.717, 1.165) is 24.8 Å². The first-order valence-electron chi connectivity index (χ1n) is 16.3. The SMILES string of the molecule is CC1(C)[C@H]2CC3OB(C4CCCN4C(=O)CNC(=O)c4ccnc5cc(OCC(=O)OCc6ccccc6)ccc45)O[C@@]3(C)[C@@H]1C2. The summed E-state index contributed by atoms with van der Waals surface area (Å²) in [6.07, 6.45) is 5.46. The van der Waals surface area contributed by atoms with Crippen LogP contribution in [0.2, 0.25) is 0 Å². The van der Waals surface area contributed by atoms with E-state index in [9.17, 15) is 14.4 Å². The third-order valence-corrected chi connectivity index (χ3v) is 10.9. The van der Waals surface area contributed by atoms with Gasteiger partial charge in [-0.3, -0.25) is 14.6 Å². The van der Waals surface area contributed by atoms with Crippen molar-refractivity contribution in [2.75, 3.05) is 19.7 Å². The lowest BCUT2D eigenvalue weighted by atomic mass is 9.43. The number of nitrogens with zero attached hydrogens (tertiary/aromatic N) is 2. The second-order valence-corrected chi connectivity index (χ2v) is 13.8. The van der Waals surface area contributed by atoms with Gasteiger partial charge in [-0.15, -0.1) is 0 Å². The number of amides is 2. The van der Waals surface area contributed by atoms with Gasteiger partial charge in [0.1, 0.15) is 12.4 Å². The summed E-state index contributed by atoms with van der Waals surface area (Å²) >= 11 is 0. The minimum Gasteiger partial charge on any atom is -0.482 e. The van der Waals surface area contributed by atoms with Crippen molar-refractivity contribution in [3.63, 3.8) is 0 Å². The summed E-state index contributed by atoms with van der Waals surface area (Å²) in [4.78, 5) is 45.0. The van der Waals surface area contributed by atoms with Gasteiger partial charge < -0.3 is 29.0 Å². The Morgan fingerprint density at radius 2 is 1.91 bits per heavy atom. The summed E-state index contributed by atoms with van der Waals surface area (Å²) in [6.45, 7) is 7.26. The van der Waals surface area contributed by atoms with Gasteiger partial charge in [0.25, 0.3) is 5.91 Å². The Balaban J connectivity index is 0.938. The third-order valence-electron chi connectivity index (χ3n) is 10.9. The number of pyridine rings is 1. The topological polar surface area (TPSA) is 116 Å². The number of aromatic nitrogens is 1. The summed E-state index contributed by atoms with van der Waals surface area (Å²) < 4.78 is 24.1. The van der Waals surface area contributed by atoms with Crippen LogP contribution in [0.4, 0.5) is 0 Å². The van der Waals surface area contributed by atoms with Gasteiger partial charge in [0.05, 0.1) is 35.3 Å². The number of esters is 1. The molecule has 3 aliphatic carbocycles. The molecule has 10 nitrogen and oxygen atoms in total. The molecule has 11 heteroatoms. The van der Waals surface area contributed by atoms with Gasteiger partial charge in [0.15, 0.2) is 6.61 Å². The third kappa shape index (κ3) is 5.53. The summed E-state index contributed by atoms with van der Waals surface area (Å²) in [5.41, 5.74) is 1.74. The van der Waals surface area contributed by atoms with Crippen molar-refractivity contribution in [2.24, 2.45) is 17.3 Å². The van der Waals surface area contributed by atoms with E-state index in [-0.39, 0.29) is 54.6 Å². The Morgan fingerprint density at radius 3 is 2.72 bits per heavy atom. The van der Waals surface area contributed by atoms with Crippen LogP contribution in [0.1, 0.15) is 62.4 Å². The van der Waals surface area contributed by atoms with Gasteiger partial charge >= 0.3 is 13.1 Å². The standard InChI is InChI=1S/C35H40BN3O7/c1-34(2)23-16-28(34)35(3)29(17-23)45-36(46-35)30-10-7-15-39(30)31(40)19-38-33(42)26-13-14-37-27-18-24(11-12-25(26)27)43-21-32(41)44-20-22-8-5-4-6-9-22/h4-6,8-9,11-14,18,23,28-30H,7,10,15-17,19-21H2,1-3H3,(H,38,42)/t23-,28-,29?,30?,35+/m1/s1. The molecule has 2 aromatic carbocycles. The fraction of sp³-hybridized carbons (Fsp3) is 0.486. The molecule has 8 rings (SSSR count). The number of hydrogen-bond acceptors (Lipinski definition) is 8. The maximum absolute atomic E-state index is 13.4. The summed E-state index contributed by atoms with van der Waals surface area (Å²) in [5, 5.41) is 3.42. The van der Waals surface area contributed by atoms with Crippen molar-refractivity contribution in [2.45, 2.75) is 70.7 Å². The number of nitrogens with one attached hydrogen (secondary N) is 1. The quantitative estimate of drug-likeness (QED) is 0.276. The zero-order valence-corrected chi connectivity index (χ0v) is 26.6. The van der Waals surface area contributed by atoms with Crippen molar-refractivity contribution >= 4 is 35.8 Å². The smallest absolute Gasteiger partial charge is 0.481 e. The Kier molecular flexibility index (Phi) is 8.01. The van der Waals surface area contributed by atoms with Gasteiger partial charge in [-0.1, -0.05) is 44.2 Å². The Hall–Kier alpha value is -3.96. The highest BCUT2D eigenvalue weighted by atomic mass is 16.7. The predicted octanol–water partition coefficient (Wildman–Crippen LogP) is 4.35. The highest BCUT2D eigenvalue weighted by molar-refractivity contribution is 6.48. The van der Waals surface area contributed by atoms with E-state index in [2.05, 4.69) is 31.1 Å². The molecule has 3 heterocycles. The second kappa shape index (κ2) is 12.0. The molecule has 2 saturated heterocycles. The Bertz CT molecular complexity index is 1650. The van der Waals surface area contributed by atoms with Gasteiger partial charge in [0.2, 0.25) is 5.91 Å². The number of carbonyl (C=O) groups is 3. The van der Waals surface area contributed by atoms with Crippen LogP contribution >= 0.6 is 0 Å². The van der Waals surface area contributed by atoms with Crippen molar-refractivity contribution < 1.29 is 33.2 Å². The summed E-state index contributed by atoms with van der Waals surface area (Å²) in [5.74, 6) is 0.362. The Labute approximate surface area is 269 Å². The van der Waals surface area contributed by atoms with Crippen molar-refractivity contribution in [1.82, 2.24) is 15.2 Å². The first-order valence-corrected chi connectivity index (χ1v) is 16.3. The van der Waals surface area contributed by atoms with Crippen molar-refractivity contribution in [3.05, 3.63) is 71.9 Å². The molecule has 240 valence electrons. The molecule has 1 N–H and O–H groups in total. The minimum atomic E-state index is -0.492. The predicted molar refractivity (Wildman–Crippen MR) is 171 cm³/mol. The summed E-state index contributed by atoms with van der Waals surface area (Å²) in [7, 11) is -0.446. The van der Waals surface area contributed by atoms with Gasteiger partial charge in [-0.25, -0.2) is 4.79 Å². The molecule has 46 heavy (non-hydrogen) atoms. The van der Waals surface area contributed by atoms with Crippen LogP contribution in [0.3, 0.4) is 0 Å². The van der Waals surface area contributed by atoms with E-state index in [1.807, 2.05) is 35.2 Å². The first-order chi connectivity index (χ1) is 22.1.